The lowest BCUT2D eigenvalue weighted by Gasteiger charge is -2.35. The van der Waals surface area contributed by atoms with Gasteiger partial charge in [-0.25, -0.2) is 0 Å². The van der Waals surface area contributed by atoms with Crippen LogP contribution in [0.1, 0.15) is 105 Å². The lowest BCUT2D eigenvalue weighted by Crippen LogP contribution is -2.30. The Bertz CT molecular complexity index is 506. The predicted octanol–water partition coefficient (Wildman–Crippen LogP) is 5.49. The standard InChI is InChI=1S/C19H34N2/c1-12(2)13-14(17(3,4)5)16(19(9,10)11)21-20-15(13)18(6,7)8/h12H,1-11H3. The van der Waals surface area contributed by atoms with Crippen LogP contribution in [0, 0.1) is 0 Å². The first-order valence-corrected chi connectivity index (χ1v) is 8.09. The van der Waals surface area contributed by atoms with Crippen LogP contribution in [0.5, 0.6) is 0 Å². The van der Waals surface area contributed by atoms with E-state index in [1.165, 1.54) is 11.1 Å². The Morgan fingerprint density at radius 1 is 0.619 bits per heavy atom. The molecule has 120 valence electrons. The molecular weight excluding hydrogens is 256 g/mol. The summed E-state index contributed by atoms with van der Waals surface area (Å²) in [5, 5.41) is 9.34. The predicted molar refractivity (Wildman–Crippen MR) is 92.2 cm³/mol. The Kier molecular flexibility index (Phi) is 4.64. The summed E-state index contributed by atoms with van der Waals surface area (Å²) in [5.41, 5.74) is 5.18. The summed E-state index contributed by atoms with van der Waals surface area (Å²) in [6.45, 7) is 24.8. The molecule has 0 amide bonds. The van der Waals surface area contributed by atoms with Crippen LogP contribution in [-0.4, -0.2) is 10.2 Å². The molecule has 21 heavy (non-hydrogen) atoms. The van der Waals surface area contributed by atoms with E-state index >= 15 is 0 Å². The van der Waals surface area contributed by atoms with Gasteiger partial charge in [-0.05, 0) is 22.5 Å². The molecule has 2 nitrogen and oxygen atoms in total. The molecule has 0 aliphatic carbocycles. The maximum absolute atomic E-state index is 4.68. The zero-order valence-corrected chi connectivity index (χ0v) is 16.0. The zero-order chi connectivity index (χ0) is 16.8. The second-order valence-corrected chi connectivity index (χ2v) is 9.59. The molecule has 0 fully saturated rings. The van der Waals surface area contributed by atoms with Gasteiger partial charge >= 0.3 is 0 Å². The molecule has 0 radical (unpaired) electrons. The Labute approximate surface area is 131 Å². The van der Waals surface area contributed by atoms with Crippen molar-refractivity contribution in [3.63, 3.8) is 0 Å². The van der Waals surface area contributed by atoms with Crippen LogP contribution in [0.2, 0.25) is 0 Å². The topological polar surface area (TPSA) is 25.8 Å². The highest BCUT2D eigenvalue weighted by molar-refractivity contribution is 5.44. The third kappa shape index (κ3) is 3.84. The Morgan fingerprint density at radius 3 is 1.29 bits per heavy atom. The molecular formula is C19H34N2. The van der Waals surface area contributed by atoms with Gasteiger partial charge in [-0.1, -0.05) is 76.2 Å². The molecule has 0 spiro atoms. The van der Waals surface area contributed by atoms with Crippen molar-refractivity contribution in [2.45, 2.75) is 98.3 Å². The van der Waals surface area contributed by atoms with Gasteiger partial charge in [0.05, 0.1) is 11.4 Å². The molecule has 1 aromatic rings. The smallest absolute Gasteiger partial charge is 0.0724 e. The number of aromatic nitrogens is 2. The van der Waals surface area contributed by atoms with Crippen LogP contribution in [0.3, 0.4) is 0 Å². The third-order valence-electron chi connectivity index (χ3n) is 3.76. The quantitative estimate of drug-likeness (QED) is 0.683. The molecule has 0 saturated carbocycles. The normalized spacial score (nSPS) is 13.9. The number of nitrogens with zero attached hydrogens (tertiary/aromatic N) is 2. The fourth-order valence-electron chi connectivity index (χ4n) is 2.85. The van der Waals surface area contributed by atoms with Crippen molar-refractivity contribution >= 4 is 0 Å². The van der Waals surface area contributed by atoms with E-state index in [1.807, 2.05) is 0 Å². The molecule has 2 heteroatoms. The van der Waals surface area contributed by atoms with Crippen molar-refractivity contribution in [3.05, 3.63) is 22.5 Å². The van der Waals surface area contributed by atoms with E-state index in [-0.39, 0.29) is 16.2 Å². The summed E-state index contributed by atoms with van der Waals surface area (Å²) in [4.78, 5) is 0. The van der Waals surface area contributed by atoms with Crippen molar-refractivity contribution in [2.24, 2.45) is 0 Å². The van der Waals surface area contributed by atoms with Gasteiger partial charge in [0.15, 0.2) is 0 Å². The van der Waals surface area contributed by atoms with Gasteiger partial charge in [-0.2, -0.15) is 10.2 Å². The molecule has 0 bridgehead atoms. The average molecular weight is 290 g/mol. The highest BCUT2D eigenvalue weighted by Gasteiger charge is 2.34. The third-order valence-corrected chi connectivity index (χ3v) is 3.76. The van der Waals surface area contributed by atoms with Gasteiger partial charge < -0.3 is 0 Å². The van der Waals surface area contributed by atoms with Crippen LogP contribution in [0.4, 0.5) is 0 Å². The first-order chi connectivity index (χ1) is 9.17. The van der Waals surface area contributed by atoms with E-state index < -0.39 is 0 Å². The summed E-state index contributed by atoms with van der Waals surface area (Å²) in [6, 6.07) is 0. The minimum Gasteiger partial charge on any atom is -0.154 e. The molecule has 0 aliphatic rings. The summed E-state index contributed by atoms with van der Waals surface area (Å²) in [7, 11) is 0. The van der Waals surface area contributed by atoms with E-state index in [0.29, 0.717) is 5.92 Å². The molecule has 0 aromatic carbocycles. The fourth-order valence-corrected chi connectivity index (χ4v) is 2.85. The van der Waals surface area contributed by atoms with Crippen LogP contribution >= 0.6 is 0 Å². The van der Waals surface area contributed by atoms with Crippen LogP contribution < -0.4 is 0 Å². The molecule has 1 heterocycles. The lowest BCUT2D eigenvalue weighted by molar-refractivity contribution is 0.472. The zero-order valence-electron chi connectivity index (χ0n) is 16.0. The first-order valence-electron chi connectivity index (χ1n) is 8.09. The fraction of sp³-hybridized carbons (Fsp3) is 0.789. The molecule has 0 N–H and O–H groups in total. The largest absolute Gasteiger partial charge is 0.154 e. The summed E-state index contributed by atoms with van der Waals surface area (Å²) >= 11 is 0. The molecule has 1 rings (SSSR count). The molecule has 1 aromatic heterocycles. The maximum Gasteiger partial charge on any atom is 0.0724 e. The maximum atomic E-state index is 4.68. The van der Waals surface area contributed by atoms with E-state index in [0.717, 1.165) is 11.4 Å². The number of hydrogen-bond donors (Lipinski definition) is 0. The van der Waals surface area contributed by atoms with E-state index in [2.05, 4.69) is 86.4 Å². The van der Waals surface area contributed by atoms with E-state index in [1.54, 1.807) is 0 Å². The van der Waals surface area contributed by atoms with Crippen LogP contribution in [0.15, 0.2) is 0 Å². The highest BCUT2D eigenvalue weighted by Crippen LogP contribution is 2.41. The molecule has 0 saturated heterocycles. The van der Waals surface area contributed by atoms with E-state index in [9.17, 15) is 0 Å². The second kappa shape index (κ2) is 5.37. The van der Waals surface area contributed by atoms with Gasteiger partial charge in [0.2, 0.25) is 0 Å². The molecule has 0 atom stereocenters. The number of hydrogen-bond acceptors (Lipinski definition) is 2. The van der Waals surface area contributed by atoms with Gasteiger partial charge in [0, 0.05) is 10.8 Å². The van der Waals surface area contributed by atoms with Gasteiger partial charge in [0.1, 0.15) is 0 Å². The average Bonchev–Trinajstić information content (AvgIpc) is 2.23. The van der Waals surface area contributed by atoms with Crippen LogP contribution in [-0.2, 0) is 16.2 Å². The van der Waals surface area contributed by atoms with Gasteiger partial charge in [-0.15, -0.1) is 0 Å². The minimum atomic E-state index is 0.00959. The highest BCUT2D eigenvalue weighted by atomic mass is 15.1. The first kappa shape index (κ1) is 18.1. The van der Waals surface area contributed by atoms with Crippen molar-refractivity contribution in [1.82, 2.24) is 10.2 Å². The number of rotatable bonds is 1. The Balaban J connectivity index is 3.90. The van der Waals surface area contributed by atoms with Crippen molar-refractivity contribution in [3.8, 4) is 0 Å². The lowest BCUT2D eigenvalue weighted by atomic mass is 9.72. The summed E-state index contributed by atoms with van der Waals surface area (Å²) < 4.78 is 0. The summed E-state index contributed by atoms with van der Waals surface area (Å²) in [5.74, 6) is 0.449. The van der Waals surface area contributed by atoms with Gasteiger partial charge in [0.25, 0.3) is 0 Å². The molecule has 0 aliphatic heterocycles. The van der Waals surface area contributed by atoms with Crippen molar-refractivity contribution < 1.29 is 0 Å². The Hall–Kier alpha value is -0.920. The van der Waals surface area contributed by atoms with Crippen LogP contribution in [0.25, 0.3) is 0 Å². The molecule has 0 unspecified atom stereocenters. The monoisotopic (exact) mass is 290 g/mol. The Morgan fingerprint density at radius 2 is 1.00 bits per heavy atom. The van der Waals surface area contributed by atoms with Crippen molar-refractivity contribution in [2.75, 3.05) is 0 Å². The second-order valence-electron chi connectivity index (χ2n) is 9.59. The minimum absolute atomic E-state index is 0.00959. The SMILES string of the molecule is CC(C)c1c(C(C)(C)C)nnc(C(C)(C)C)c1C(C)(C)C. The van der Waals surface area contributed by atoms with Gasteiger partial charge in [-0.3, -0.25) is 0 Å². The summed E-state index contributed by atoms with van der Waals surface area (Å²) in [6.07, 6.45) is 0. The van der Waals surface area contributed by atoms with Crippen molar-refractivity contribution in [1.29, 1.82) is 0 Å². The van der Waals surface area contributed by atoms with E-state index in [4.69, 9.17) is 0 Å².